The van der Waals surface area contributed by atoms with Gasteiger partial charge in [0.05, 0.1) is 5.92 Å². The predicted octanol–water partition coefficient (Wildman–Crippen LogP) is 2.32. The van der Waals surface area contributed by atoms with Crippen molar-refractivity contribution < 1.29 is 14.3 Å². The van der Waals surface area contributed by atoms with Gasteiger partial charge >= 0.3 is 5.97 Å². The number of aryl methyl sites for hydroxylation is 1. The minimum Gasteiger partial charge on any atom is -0.481 e. The Morgan fingerprint density at radius 2 is 2.29 bits per heavy atom. The van der Waals surface area contributed by atoms with E-state index in [-0.39, 0.29) is 17.7 Å². The second-order valence-corrected chi connectivity index (χ2v) is 3.79. The number of halogens is 1. The normalized spacial score (nSPS) is 24.7. The van der Waals surface area contributed by atoms with Crippen molar-refractivity contribution in [3.63, 3.8) is 0 Å². The first-order valence-corrected chi connectivity index (χ1v) is 4.58. The van der Waals surface area contributed by atoms with Gasteiger partial charge in [0, 0.05) is 0 Å². The zero-order valence-electron chi connectivity index (χ0n) is 7.83. The molecule has 0 amide bonds. The van der Waals surface area contributed by atoms with Gasteiger partial charge in [-0.05, 0) is 42.5 Å². The predicted molar refractivity (Wildman–Crippen MR) is 49.6 cm³/mol. The Morgan fingerprint density at radius 3 is 2.86 bits per heavy atom. The molecule has 1 N–H and O–H groups in total. The van der Waals surface area contributed by atoms with Gasteiger partial charge in [-0.2, -0.15) is 0 Å². The Hall–Kier alpha value is -1.38. The van der Waals surface area contributed by atoms with Crippen molar-refractivity contribution >= 4 is 5.97 Å². The van der Waals surface area contributed by atoms with Crippen LogP contribution >= 0.6 is 0 Å². The molecule has 3 heteroatoms. The van der Waals surface area contributed by atoms with Gasteiger partial charge in [-0.25, -0.2) is 4.39 Å². The Bertz CT molecular complexity index is 387. The molecule has 1 saturated carbocycles. The standard InChI is InChI=1S/C11H11FO2/c1-6-2-3-7(12)4-8(6)9-5-10(9)11(13)14/h2-4,9-10H,5H2,1H3,(H,13,14). The highest BCUT2D eigenvalue weighted by Crippen LogP contribution is 2.48. The zero-order valence-corrected chi connectivity index (χ0v) is 7.83. The number of hydrogen-bond acceptors (Lipinski definition) is 1. The summed E-state index contributed by atoms with van der Waals surface area (Å²) in [6.07, 6.45) is 0.639. The lowest BCUT2D eigenvalue weighted by Gasteiger charge is -2.03. The lowest BCUT2D eigenvalue weighted by atomic mass is 10.0. The van der Waals surface area contributed by atoms with Crippen LogP contribution in [0.1, 0.15) is 23.5 Å². The summed E-state index contributed by atoms with van der Waals surface area (Å²) in [5, 5.41) is 8.75. The molecule has 1 fully saturated rings. The van der Waals surface area contributed by atoms with Crippen molar-refractivity contribution in [1.82, 2.24) is 0 Å². The summed E-state index contributed by atoms with van der Waals surface area (Å²) < 4.78 is 12.9. The first-order valence-electron chi connectivity index (χ1n) is 4.58. The van der Waals surface area contributed by atoms with Gasteiger partial charge < -0.3 is 5.11 Å². The van der Waals surface area contributed by atoms with Crippen LogP contribution in [0, 0.1) is 18.7 Å². The van der Waals surface area contributed by atoms with E-state index in [4.69, 9.17) is 5.11 Å². The van der Waals surface area contributed by atoms with E-state index in [1.165, 1.54) is 12.1 Å². The Labute approximate surface area is 81.4 Å². The largest absolute Gasteiger partial charge is 0.481 e. The minimum atomic E-state index is -0.779. The first-order chi connectivity index (χ1) is 6.59. The van der Waals surface area contributed by atoms with Crippen LogP contribution in [0.4, 0.5) is 4.39 Å². The van der Waals surface area contributed by atoms with E-state index < -0.39 is 5.97 Å². The molecule has 0 aliphatic heterocycles. The molecular weight excluding hydrogens is 183 g/mol. The number of rotatable bonds is 2. The van der Waals surface area contributed by atoms with Crippen molar-refractivity contribution in [1.29, 1.82) is 0 Å². The summed E-state index contributed by atoms with van der Waals surface area (Å²) in [5.41, 5.74) is 1.82. The summed E-state index contributed by atoms with van der Waals surface area (Å²) in [6.45, 7) is 1.88. The van der Waals surface area contributed by atoms with Gasteiger partial charge in [0.1, 0.15) is 5.82 Å². The maximum Gasteiger partial charge on any atom is 0.307 e. The number of benzene rings is 1. The van der Waals surface area contributed by atoms with E-state index in [0.717, 1.165) is 11.1 Å². The molecule has 0 bridgehead atoms. The van der Waals surface area contributed by atoms with Crippen LogP contribution in [0.3, 0.4) is 0 Å². The van der Waals surface area contributed by atoms with Crippen LogP contribution in [-0.2, 0) is 4.79 Å². The molecule has 0 aromatic heterocycles. The lowest BCUT2D eigenvalue weighted by molar-refractivity contribution is -0.138. The zero-order chi connectivity index (χ0) is 10.3. The van der Waals surface area contributed by atoms with E-state index in [2.05, 4.69) is 0 Å². The van der Waals surface area contributed by atoms with Crippen molar-refractivity contribution in [2.45, 2.75) is 19.3 Å². The molecule has 1 aliphatic carbocycles. The van der Waals surface area contributed by atoms with E-state index in [9.17, 15) is 9.18 Å². The monoisotopic (exact) mass is 194 g/mol. The average molecular weight is 194 g/mol. The highest BCUT2D eigenvalue weighted by molar-refractivity contribution is 5.75. The van der Waals surface area contributed by atoms with Crippen LogP contribution in [0.15, 0.2) is 18.2 Å². The van der Waals surface area contributed by atoms with Crippen LogP contribution in [0.25, 0.3) is 0 Å². The minimum absolute atomic E-state index is 0.0169. The number of carbonyl (C=O) groups is 1. The average Bonchev–Trinajstić information content (AvgIpc) is 2.88. The van der Waals surface area contributed by atoms with Crippen molar-refractivity contribution in [3.8, 4) is 0 Å². The Kier molecular flexibility index (Phi) is 2.02. The third-order valence-electron chi connectivity index (χ3n) is 2.75. The van der Waals surface area contributed by atoms with Crippen LogP contribution in [0.5, 0.6) is 0 Å². The van der Waals surface area contributed by atoms with Gasteiger partial charge in [-0.3, -0.25) is 4.79 Å². The molecule has 2 rings (SSSR count). The third kappa shape index (κ3) is 1.50. The number of aliphatic carboxylic acids is 1. The fourth-order valence-corrected chi connectivity index (χ4v) is 1.82. The molecule has 1 aliphatic rings. The highest BCUT2D eigenvalue weighted by Gasteiger charge is 2.44. The summed E-state index contributed by atoms with van der Waals surface area (Å²) in [5.74, 6) is -1.36. The van der Waals surface area contributed by atoms with E-state index in [1.807, 2.05) is 6.92 Å². The van der Waals surface area contributed by atoms with Gasteiger partial charge in [0.15, 0.2) is 0 Å². The fraction of sp³-hybridized carbons (Fsp3) is 0.364. The Balaban J connectivity index is 2.26. The maximum absolute atomic E-state index is 12.9. The van der Waals surface area contributed by atoms with Crippen molar-refractivity contribution in [2.75, 3.05) is 0 Å². The van der Waals surface area contributed by atoms with Gasteiger partial charge in [-0.15, -0.1) is 0 Å². The number of hydrogen-bond donors (Lipinski definition) is 1. The molecule has 74 valence electrons. The lowest BCUT2D eigenvalue weighted by Crippen LogP contribution is -2.00. The van der Waals surface area contributed by atoms with Crippen molar-refractivity contribution in [2.24, 2.45) is 5.92 Å². The first kappa shape index (κ1) is 9.19. The molecule has 0 heterocycles. The topological polar surface area (TPSA) is 37.3 Å². The van der Waals surface area contributed by atoms with Gasteiger partial charge in [0.25, 0.3) is 0 Å². The van der Waals surface area contributed by atoms with Crippen LogP contribution < -0.4 is 0 Å². The van der Waals surface area contributed by atoms with Crippen molar-refractivity contribution in [3.05, 3.63) is 35.1 Å². The quantitative estimate of drug-likeness (QED) is 0.784. The van der Waals surface area contributed by atoms with Gasteiger partial charge in [0.2, 0.25) is 0 Å². The molecule has 2 atom stereocenters. The molecule has 0 radical (unpaired) electrons. The highest BCUT2D eigenvalue weighted by atomic mass is 19.1. The molecule has 2 nitrogen and oxygen atoms in total. The van der Waals surface area contributed by atoms with Gasteiger partial charge in [-0.1, -0.05) is 6.07 Å². The summed E-state index contributed by atoms with van der Waals surface area (Å²) in [4.78, 5) is 10.6. The molecule has 0 saturated heterocycles. The fourth-order valence-electron chi connectivity index (χ4n) is 1.82. The van der Waals surface area contributed by atoms with E-state index in [1.54, 1.807) is 6.07 Å². The summed E-state index contributed by atoms with van der Waals surface area (Å²) in [6, 6.07) is 4.54. The molecular formula is C11H11FO2. The molecule has 2 unspecified atom stereocenters. The molecule has 1 aromatic carbocycles. The maximum atomic E-state index is 12.9. The molecule has 1 aromatic rings. The second-order valence-electron chi connectivity index (χ2n) is 3.79. The number of carboxylic acids is 1. The summed E-state index contributed by atoms with van der Waals surface area (Å²) >= 11 is 0. The Morgan fingerprint density at radius 1 is 1.57 bits per heavy atom. The SMILES string of the molecule is Cc1ccc(F)cc1C1CC1C(=O)O. The van der Waals surface area contributed by atoms with Crippen LogP contribution in [-0.4, -0.2) is 11.1 Å². The second kappa shape index (κ2) is 3.08. The van der Waals surface area contributed by atoms with E-state index >= 15 is 0 Å². The third-order valence-corrected chi connectivity index (χ3v) is 2.75. The van der Waals surface area contributed by atoms with Crippen LogP contribution in [0.2, 0.25) is 0 Å². The smallest absolute Gasteiger partial charge is 0.307 e. The van der Waals surface area contributed by atoms with E-state index in [0.29, 0.717) is 6.42 Å². The number of carboxylic acid groups (broad SMARTS) is 1. The summed E-state index contributed by atoms with van der Waals surface area (Å²) in [7, 11) is 0. The molecule has 0 spiro atoms. The molecule has 14 heavy (non-hydrogen) atoms.